The molecule has 2 aromatic heterocycles. The van der Waals surface area contributed by atoms with Gasteiger partial charge in [0.15, 0.2) is 5.82 Å². The van der Waals surface area contributed by atoms with Gasteiger partial charge in [-0.3, -0.25) is 9.59 Å². The van der Waals surface area contributed by atoms with Crippen LogP contribution in [0.5, 0.6) is 0 Å². The molecular weight excluding hydrogens is 457 g/mol. The Morgan fingerprint density at radius 3 is 2.45 bits per heavy atom. The summed E-state index contributed by atoms with van der Waals surface area (Å²) in [4.78, 5) is 38.9. The molecule has 2 amide bonds. The van der Waals surface area contributed by atoms with E-state index in [4.69, 9.17) is 0 Å². The van der Waals surface area contributed by atoms with E-state index in [0.29, 0.717) is 10.4 Å². The minimum atomic E-state index is -2.77. The molecule has 0 atom stereocenters. The van der Waals surface area contributed by atoms with Crippen LogP contribution in [0.25, 0.3) is 0 Å². The lowest BCUT2D eigenvalue weighted by molar-refractivity contribution is 0.0256. The predicted molar refractivity (Wildman–Crippen MR) is 118 cm³/mol. The zero-order valence-electron chi connectivity index (χ0n) is 17.7. The standard InChI is InChI=1S/C21H19F3N6O2S/c1-11-5-14(22)13(6-15(11)28-20(32)16-7-25-12(2)33-16)19(31)29-17-8-27-18(9-26-17)30-4-3-21(23,24)10-30/h5-9H,3-4,10H2,1-2H3,(H,28,32)(H,26,29,31). The van der Waals surface area contributed by atoms with E-state index in [9.17, 15) is 22.8 Å². The van der Waals surface area contributed by atoms with Gasteiger partial charge in [-0.25, -0.2) is 28.1 Å². The Morgan fingerprint density at radius 2 is 1.85 bits per heavy atom. The Bertz CT molecular complexity index is 1220. The Morgan fingerprint density at radius 1 is 1.06 bits per heavy atom. The van der Waals surface area contributed by atoms with Crippen LogP contribution >= 0.6 is 11.3 Å². The summed E-state index contributed by atoms with van der Waals surface area (Å²) in [5.41, 5.74) is 0.403. The maximum Gasteiger partial charge on any atom is 0.267 e. The summed E-state index contributed by atoms with van der Waals surface area (Å²) in [5, 5.41) is 5.81. The quantitative estimate of drug-likeness (QED) is 0.577. The molecule has 0 unspecified atom stereocenters. The lowest BCUT2D eigenvalue weighted by Crippen LogP contribution is -2.25. The second-order valence-corrected chi connectivity index (χ2v) is 8.82. The predicted octanol–water partition coefficient (Wildman–Crippen LogP) is 4.04. The summed E-state index contributed by atoms with van der Waals surface area (Å²) in [6.45, 7) is 3.07. The largest absolute Gasteiger partial charge is 0.349 e. The van der Waals surface area contributed by atoms with Crippen LogP contribution in [-0.2, 0) is 0 Å². The molecule has 0 spiro atoms. The number of hydrogen-bond acceptors (Lipinski definition) is 7. The molecule has 172 valence electrons. The van der Waals surface area contributed by atoms with Crippen LogP contribution in [0.15, 0.2) is 30.7 Å². The topological polar surface area (TPSA) is 100 Å². The highest BCUT2D eigenvalue weighted by Gasteiger charge is 2.38. The number of anilines is 3. The molecule has 12 heteroatoms. The van der Waals surface area contributed by atoms with E-state index >= 15 is 0 Å². The number of alkyl halides is 2. The van der Waals surface area contributed by atoms with Crippen LogP contribution in [-0.4, -0.2) is 45.8 Å². The van der Waals surface area contributed by atoms with Crippen molar-refractivity contribution < 1.29 is 22.8 Å². The molecule has 2 N–H and O–H groups in total. The summed E-state index contributed by atoms with van der Waals surface area (Å²) in [5.74, 6) is -4.48. The number of carbonyl (C=O) groups is 2. The van der Waals surface area contributed by atoms with Gasteiger partial charge in [0.05, 0.1) is 35.7 Å². The highest BCUT2D eigenvalue weighted by atomic mass is 32.1. The highest BCUT2D eigenvalue weighted by molar-refractivity contribution is 7.13. The fourth-order valence-electron chi connectivity index (χ4n) is 3.30. The third-order valence-corrected chi connectivity index (χ3v) is 5.94. The average Bonchev–Trinajstić information content (AvgIpc) is 3.35. The van der Waals surface area contributed by atoms with E-state index in [1.165, 1.54) is 40.9 Å². The molecule has 4 rings (SSSR count). The molecule has 0 radical (unpaired) electrons. The number of benzene rings is 1. The van der Waals surface area contributed by atoms with E-state index in [1.807, 2.05) is 0 Å². The van der Waals surface area contributed by atoms with Crippen LogP contribution in [0, 0.1) is 19.7 Å². The number of hydrogen-bond donors (Lipinski definition) is 2. The number of rotatable bonds is 5. The van der Waals surface area contributed by atoms with Crippen molar-refractivity contribution in [1.29, 1.82) is 0 Å². The molecule has 1 aromatic carbocycles. The lowest BCUT2D eigenvalue weighted by atomic mass is 10.1. The van der Waals surface area contributed by atoms with Crippen molar-refractivity contribution >= 4 is 40.5 Å². The second kappa shape index (κ2) is 8.77. The Hall–Kier alpha value is -3.54. The van der Waals surface area contributed by atoms with Crippen LogP contribution in [0.4, 0.5) is 30.5 Å². The Kier molecular flexibility index (Phi) is 6.02. The molecule has 3 aromatic rings. The molecular formula is C21H19F3N6O2S. The first-order valence-corrected chi connectivity index (χ1v) is 10.7. The number of nitrogens with zero attached hydrogens (tertiary/aromatic N) is 4. The van der Waals surface area contributed by atoms with Gasteiger partial charge < -0.3 is 15.5 Å². The third-order valence-electron chi connectivity index (χ3n) is 5.03. The lowest BCUT2D eigenvalue weighted by Gasteiger charge is -2.16. The van der Waals surface area contributed by atoms with Gasteiger partial charge in [-0.15, -0.1) is 11.3 Å². The summed E-state index contributed by atoms with van der Waals surface area (Å²) in [6.07, 6.45) is 3.66. The Balaban J connectivity index is 1.47. The number of carbonyl (C=O) groups excluding carboxylic acids is 2. The van der Waals surface area contributed by atoms with Crippen molar-refractivity contribution in [2.45, 2.75) is 26.2 Å². The molecule has 1 saturated heterocycles. The molecule has 1 aliphatic heterocycles. The summed E-state index contributed by atoms with van der Waals surface area (Å²) in [7, 11) is 0. The average molecular weight is 476 g/mol. The molecule has 33 heavy (non-hydrogen) atoms. The Labute approximate surface area is 190 Å². The van der Waals surface area contributed by atoms with Crippen LogP contribution in [0.3, 0.4) is 0 Å². The van der Waals surface area contributed by atoms with E-state index in [1.54, 1.807) is 13.8 Å². The van der Waals surface area contributed by atoms with Crippen LogP contribution < -0.4 is 15.5 Å². The van der Waals surface area contributed by atoms with Crippen molar-refractivity contribution in [1.82, 2.24) is 15.0 Å². The van der Waals surface area contributed by atoms with Gasteiger partial charge in [-0.2, -0.15) is 0 Å². The van der Waals surface area contributed by atoms with Crippen molar-refractivity contribution in [3.05, 3.63) is 57.6 Å². The van der Waals surface area contributed by atoms with Gasteiger partial charge in [0.25, 0.3) is 17.7 Å². The van der Waals surface area contributed by atoms with Crippen LogP contribution in [0.1, 0.15) is 37.0 Å². The summed E-state index contributed by atoms with van der Waals surface area (Å²) >= 11 is 1.21. The fourth-order valence-corrected chi connectivity index (χ4v) is 3.97. The molecule has 8 nitrogen and oxygen atoms in total. The first kappa shape index (κ1) is 22.6. The minimum absolute atomic E-state index is 0.0282. The molecule has 1 aliphatic rings. The number of nitrogens with one attached hydrogen (secondary N) is 2. The molecule has 0 bridgehead atoms. The maximum absolute atomic E-state index is 14.5. The normalized spacial score (nSPS) is 14.9. The maximum atomic E-state index is 14.5. The van der Waals surface area contributed by atoms with Gasteiger partial charge in [0, 0.05) is 18.7 Å². The van der Waals surface area contributed by atoms with Gasteiger partial charge in [-0.1, -0.05) is 0 Å². The number of thiazole rings is 1. The molecule has 3 heterocycles. The van der Waals surface area contributed by atoms with E-state index in [0.717, 1.165) is 11.1 Å². The third kappa shape index (κ3) is 5.11. The molecule has 1 fully saturated rings. The number of aromatic nitrogens is 3. The number of aryl methyl sites for hydroxylation is 2. The van der Waals surface area contributed by atoms with Gasteiger partial charge >= 0.3 is 0 Å². The first-order valence-electron chi connectivity index (χ1n) is 9.91. The van der Waals surface area contributed by atoms with Gasteiger partial charge in [0.2, 0.25) is 0 Å². The van der Waals surface area contributed by atoms with Gasteiger partial charge in [0.1, 0.15) is 16.5 Å². The minimum Gasteiger partial charge on any atom is -0.349 e. The van der Waals surface area contributed by atoms with Crippen molar-refractivity contribution in [3.8, 4) is 0 Å². The van der Waals surface area contributed by atoms with Gasteiger partial charge in [-0.05, 0) is 31.5 Å². The fraction of sp³-hybridized carbons (Fsp3) is 0.286. The SMILES string of the molecule is Cc1ncc(C(=O)Nc2cc(C(=O)Nc3cnc(N4CCC(F)(F)C4)cn3)c(F)cc2C)s1. The van der Waals surface area contributed by atoms with Crippen molar-refractivity contribution in [2.24, 2.45) is 0 Å². The van der Waals surface area contributed by atoms with Crippen LogP contribution in [0.2, 0.25) is 0 Å². The highest BCUT2D eigenvalue weighted by Crippen LogP contribution is 2.29. The van der Waals surface area contributed by atoms with Crippen molar-refractivity contribution in [3.63, 3.8) is 0 Å². The molecule has 0 aliphatic carbocycles. The second-order valence-electron chi connectivity index (χ2n) is 7.59. The number of halogens is 3. The zero-order chi connectivity index (χ0) is 23.8. The number of amides is 2. The summed E-state index contributed by atoms with van der Waals surface area (Å²) < 4.78 is 41.3. The smallest absolute Gasteiger partial charge is 0.267 e. The van der Waals surface area contributed by atoms with E-state index in [2.05, 4.69) is 25.6 Å². The van der Waals surface area contributed by atoms with E-state index in [-0.39, 0.29) is 35.9 Å². The monoisotopic (exact) mass is 476 g/mol. The van der Waals surface area contributed by atoms with E-state index < -0.39 is 30.1 Å². The van der Waals surface area contributed by atoms with Crippen molar-refractivity contribution in [2.75, 3.05) is 28.6 Å². The zero-order valence-corrected chi connectivity index (χ0v) is 18.5. The first-order chi connectivity index (χ1) is 15.6. The summed E-state index contributed by atoms with van der Waals surface area (Å²) in [6, 6.07) is 2.38. The molecule has 0 saturated carbocycles.